The largest absolute Gasteiger partial charge is 0.115 e. The van der Waals surface area contributed by atoms with E-state index in [1.807, 2.05) is 0 Å². The quantitative estimate of drug-likeness (QED) is 0.616. The van der Waals surface area contributed by atoms with Crippen LogP contribution >= 0.6 is 0 Å². The summed E-state index contributed by atoms with van der Waals surface area (Å²) in [4.78, 5) is 0. The van der Waals surface area contributed by atoms with Crippen molar-refractivity contribution in [2.45, 2.75) is 40.0 Å². The molecule has 0 radical (unpaired) electrons. The van der Waals surface area contributed by atoms with Gasteiger partial charge in [0.25, 0.3) is 0 Å². The van der Waals surface area contributed by atoms with Gasteiger partial charge in [-0.1, -0.05) is 25.8 Å². The molecule has 0 saturated carbocycles. The van der Waals surface area contributed by atoms with Crippen molar-refractivity contribution in [3.8, 4) is 12.3 Å². The molecule has 0 heterocycles. The van der Waals surface area contributed by atoms with Crippen LogP contribution in [-0.4, -0.2) is 0 Å². The molecule has 1 atom stereocenters. The summed E-state index contributed by atoms with van der Waals surface area (Å²) in [7, 11) is 0. The Balaban J connectivity index is 3.23. The zero-order valence-electron chi connectivity index (χ0n) is 9.52. The maximum atomic E-state index is 5.43. The number of terminal acetylenes is 1. The average Bonchev–Trinajstić information content (AvgIpc) is 2.19. The molecule has 74 valence electrons. The normalized spacial score (nSPS) is 12.2. The van der Waals surface area contributed by atoms with Crippen LogP contribution in [0.2, 0.25) is 0 Å². The van der Waals surface area contributed by atoms with Crippen LogP contribution in [0.5, 0.6) is 0 Å². The Kier molecular flexibility index (Phi) is 3.36. The number of aryl methyl sites for hydroxylation is 2. The smallest absolute Gasteiger partial charge is 0.0274 e. The van der Waals surface area contributed by atoms with E-state index in [0.29, 0.717) is 5.92 Å². The average molecular weight is 186 g/mol. The van der Waals surface area contributed by atoms with E-state index >= 15 is 0 Å². The van der Waals surface area contributed by atoms with E-state index in [0.717, 1.165) is 5.56 Å². The van der Waals surface area contributed by atoms with Gasteiger partial charge in [-0.3, -0.25) is 0 Å². The van der Waals surface area contributed by atoms with Crippen LogP contribution in [0.1, 0.15) is 48.4 Å². The lowest BCUT2D eigenvalue weighted by atomic mass is 9.91. The third-order valence-electron chi connectivity index (χ3n) is 2.91. The fourth-order valence-corrected chi connectivity index (χ4v) is 1.74. The lowest BCUT2D eigenvalue weighted by Gasteiger charge is -2.14. The topological polar surface area (TPSA) is 0 Å². The second-order valence-electron chi connectivity index (χ2n) is 3.98. The Morgan fingerprint density at radius 1 is 1.29 bits per heavy atom. The van der Waals surface area contributed by atoms with Gasteiger partial charge in [0, 0.05) is 5.56 Å². The molecular formula is C14H18. The van der Waals surface area contributed by atoms with E-state index in [2.05, 4.69) is 45.7 Å². The predicted molar refractivity (Wildman–Crippen MR) is 62.6 cm³/mol. The molecule has 0 saturated heterocycles. The van der Waals surface area contributed by atoms with E-state index in [9.17, 15) is 0 Å². The van der Waals surface area contributed by atoms with Gasteiger partial charge in [-0.2, -0.15) is 0 Å². The first-order valence-electron chi connectivity index (χ1n) is 5.17. The summed E-state index contributed by atoms with van der Waals surface area (Å²) in [6.45, 7) is 8.70. The molecule has 0 aliphatic carbocycles. The minimum atomic E-state index is 0.625. The molecule has 0 aliphatic heterocycles. The molecule has 0 aromatic heterocycles. The summed E-state index contributed by atoms with van der Waals surface area (Å²) >= 11 is 0. The van der Waals surface area contributed by atoms with Crippen LogP contribution < -0.4 is 0 Å². The summed E-state index contributed by atoms with van der Waals surface area (Å²) in [6, 6.07) is 4.36. The van der Waals surface area contributed by atoms with Gasteiger partial charge in [0.05, 0.1) is 0 Å². The lowest BCUT2D eigenvalue weighted by Crippen LogP contribution is -1.97. The Labute approximate surface area is 87.4 Å². The highest BCUT2D eigenvalue weighted by Gasteiger charge is 2.08. The second kappa shape index (κ2) is 4.33. The van der Waals surface area contributed by atoms with Crippen molar-refractivity contribution < 1.29 is 0 Å². The van der Waals surface area contributed by atoms with Crippen molar-refractivity contribution in [1.82, 2.24) is 0 Å². The molecule has 1 aromatic carbocycles. The molecule has 0 amide bonds. The molecule has 0 spiro atoms. The fourth-order valence-electron chi connectivity index (χ4n) is 1.74. The second-order valence-corrected chi connectivity index (χ2v) is 3.98. The molecule has 1 rings (SSSR count). The summed E-state index contributed by atoms with van der Waals surface area (Å²) < 4.78 is 0. The maximum absolute atomic E-state index is 5.43. The van der Waals surface area contributed by atoms with Gasteiger partial charge in [0.1, 0.15) is 0 Å². The molecule has 14 heavy (non-hydrogen) atoms. The van der Waals surface area contributed by atoms with Gasteiger partial charge in [-0.25, -0.2) is 0 Å². The molecule has 0 unspecified atom stereocenters. The number of rotatable bonds is 2. The Bertz CT molecular complexity index is 366. The summed E-state index contributed by atoms with van der Waals surface area (Å²) in [5.41, 5.74) is 4.99. The van der Waals surface area contributed by atoms with Gasteiger partial charge in [0.15, 0.2) is 0 Å². The first-order valence-corrected chi connectivity index (χ1v) is 5.17. The van der Waals surface area contributed by atoms with Gasteiger partial charge >= 0.3 is 0 Å². The van der Waals surface area contributed by atoms with Crippen LogP contribution in [0, 0.1) is 26.2 Å². The zero-order valence-corrected chi connectivity index (χ0v) is 9.52. The molecule has 0 heteroatoms. The van der Waals surface area contributed by atoms with Crippen LogP contribution in [0.25, 0.3) is 0 Å². The van der Waals surface area contributed by atoms with Gasteiger partial charge in [0.2, 0.25) is 0 Å². The van der Waals surface area contributed by atoms with Gasteiger partial charge < -0.3 is 0 Å². The zero-order chi connectivity index (χ0) is 10.7. The van der Waals surface area contributed by atoms with Crippen molar-refractivity contribution in [2.24, 2.45) is 0 Å². The standard InChI is InChI=1S/C14H18/c1-6-10(3)14-9-11(4)13(7-2)8-12(14)5/h2,8-10H,6H2,1,3-5H3/t10-/m0/s1. The van der Waals surface area contributed by atoms with E-state index < -0.39 is 0 Å². The summed E-state index contributed by atoms with van der Waals surface area (Å²) in [6.07, 6.45) is 6.60. The minimum Gasteiger partial charge on any atom is -0.115 e. The summed E-state index contributed by atoms with van der Waals surface area (Å²) in [5.74, 6) is 3.35. The number of hydrogen-bond acceptors (Lipinski definition) is 0. The van der Waals surface area contributed by atoms with Crippen molar-refractivity contribution >= 4 is 0 Å². The maximum Gasteiger partial charge on any atom is 0.0274 e. The van der Waals surface area contributed by atoms with Gasteiger partial charge in [-0.05, 0) is 48.9 Å². The van der Waals surface area contributed by atoms with E-state index in [-0.39, 0.29) is 0 Å². The van der Waals surface area contributed by atoms with Crippen molar-refractivity contribution in [2.75, 3.05) is 0 Å². The molecule has 1 aromatic rings. The van der Waals surface area contributed by atoms with Crippen LogP contribution in [0.3, 0.4) is 0 Å². The van der Waals surface area contributed by atoms with Gasteiger partial charge in [-0.15, -0.1) is 6.42 Å². The molecule has 0 aliphatic rings. The Hall–Kier alpha value is -1.22. The van der Waals surface area contributed by atoms with Crippen molar-refractivity contribution in [3.63, 3.8) is 0 Å². The fraction of sp³-hybridized carbons (Fsp3) is 0.429. The highest BCUT2D eigenvalue weighted by atomic mass is 14.1. The molecule has 0 N–H and O–H groups in total. The molecule has 0 fully saturated rings. The number of benzene rings is 1. The monoisotopic (exact) mass is 186 g/mol. The molecular weight excluding hydrogens is 168 g/mol. The first-order chi connectivity index (χ1) is 6.60. The third kappa shape index (κ3) is 1.99. The number of hydrogen-bond donors (Lipinski definition) is 0. The lowest BCUT2D eigenvalue weighted by molar-refractivity contribution is 0.727. The highest BCUT2D eigenvalue weighted by Crippen LogP contribution is 2.25. The predicted octanol–water partition coefficient (Wildman–Crippen LogP) is 3.80. The Morgan fingerprint density at radius 2 is 1.93 bits per heavy atom. The van der Waals surface area contributed by atoms with Crippen LogP contribution in [0.4, 0.5) is 0 Å². The van der Waals surface area contributed by atoms with E-state index in [1.165, 1.54) is 23.1 Å². The van der Waals surface area contributed by atoms with Crippen molar-refractivity contribution in [1.29, 1.82) is 0 Å². The SMILES string of the molecule is C#Cc1cc(C)c([C@@H](C)CC)cc1C. The van der Waals surface area contributed by atoms with Crippen molar-refractivity contribution in [3.05, 3.63) is 34.4 Å². The third-order valence-corrected chi connectivity index (χ3v) is 2.91. The summed E-state index contributed by atoms with van der Waals surface area (Å²) in [5, 5.41) is 0. The van der Waals surface area contributed by atoms with Crippen LogP contribution in [-0.2, 0) is 0 Å². The minimum absolute atomic E-state index is 0.625. The van der Waals surface area contributed by atoms with E-state index in [1.54, 1.807) is 0 Å². The highest BCUT2D eigenvalue weighted by molar-refractivity contribution is 5.46. The van der Waals surface area contributed by atoms with E-state index in [4.69, 9.17) is 6.42 Å². The molecule has 0 nitrogen and oxygen atoms in total. The van der Waals surface area contributed by atoms with Crippen LogP contribution in [0.15, 0.2) is 12.1 Å². The molecule has 0 bridgehead atoms. The Morgan fingerprint density at radius 3 is 2.43 bits per heavy atom. The first kappa shape index (κ1) is 10.9.